The van der Waals surface area contributed by atoms with Gasteiger partial charge in [0.25, 0.3) is 5.91 Å². The average Bonchev–Trinajstić information content (AvgIpc) is 2.93. The van der Waals surface area contributed by atoms with Gasteiger partial charge in [0.15, 0.2) is 0 Å². The predicted octanol–water partition coefficient (Wildman–Crippen LogP) is 2.63. The standard InChI is InChI=1S/C27H39F6N5O7/c1-14-8-10-15(11-9-14)12-16(35-20(40)18(36-22(42)44-6)24(2,3)26(28,29)30)17(39)13-34-38-21(41)19(37-23(43)45-7)25(4,5)27(31,32)33/h8-11,16-19,34,39H,12-13H2,1-7H3,(H,35,40)(H,36,42)(H,37,43)(H,38,41)/t16-,17-,18?,19+/m0/s1. The molecule has 0 bridgehead atoms. The van der Waals surface area contributed by atoms with E-state index in [4.69, 9.17) is 0 Å². The number of halogens is 6. The molecule has 0 aromatic heterocycles. The van der Waals surface area contributed by atoms with Crippen molar-refractivity contribution in [2.24, 2.45) is 10.8 Å². The Labute approximate surface area is 255 Å². The van der Waals surface area contributed by atoms with Crippen LogP contribution in [0.25, 0.3) is 0 Å². The molecule has 0 aliphatic heterocycles. The molecule has 1 unspecified atom stereocenters. The van der Waals surface area contributed by atoms with E-state index in [-0.39, 0.29) is 6.42 Å². The highest BCUT2D eigenvalue weighted by Crippen LogP contribution is 2.41. The van der Waals surface area contributed by atoms with Gasteiger partial charge in [-0.15, -0.1) is 0 Å². The molecule has 0 spiro atoms. The Bertz CT molecular complexity index is 1180. The molecule has 4 amide bonds. The summed E-state index contributed by atoms with van der Waals surface area (Å²) in [5.41, 5.74) is -0.0550. The zero-order valence-electron chi connectivity index (χ0n) is 25.7. The number of methoxy groups -OCH3 is 2. The number of ether oxygens (including phenoxy) is 2. The maximum atomic E-state index is 13.9. The van der Waals surface area contributed by atoms with E-state index in [1.54, 1.807) is 31.2 Å². The molecule has 12 nitrogen and oxygen atoms in total. The molecule has 1 rings (SSSR count). The number of alkyl carbamates (subject to hydrolysis) is 2. The zero-order valence-corrected chi connectivity index (χ0v) is 25.7. The molecule has 0 saturated carbocycles. The van der Waals surface area contributed by atoms with Crippen molar-refractivity contribution in [3.8, 4) is 0 Å². The lowest BCUT2D eigenvalue weighted by Crippen LogP contribution is -2.63. The molecular formula is C27H39F6N5O7. The molecule has 0 aliphatic carbocycles. The quantitative estimate of drug-likeness (QED) is 0.139. The monoisotopic (exact) mass is 659 g/mol. The first-order chi connectivity index (χ1) is 20.5. The summed E-state index contributed by atoms with van der Waals surface area (Å²) in [6, 6.07) is 0.873. The van der Waals surface area contributed by atoms with Crippen molar-refractivity contribution in [2.75, 3.05) is 20.8 Å². The Morgan fingerprint density at radius 1 is 0.756 bits per heavy atom. The van der Waals surface area contributed by atoms with Crippen LogP contribution in [0.2, 0.25) is 0 Å². The number of hydrogen-bond acceptors (Lipinski definition) is 8. The van der Waals surface area contributed by atoms with Crippen molar-refractivity contribution in [2.45, 2.75) is 77.6 Å². The lowest BCUT2D eigenvalue weighted by atomic mass is 9.82. The highest BCUT2D eigenvalue weighted by molar-refractivity contribution is 5.87. The summed E-state index contributed by atoms with van der Waals surface area (Å²) in [7, 11) is 1.76. The third kappa shape index (κ3) is 10.7. The molecule has 0 heterocycles. The molecule has 0 saturated heterocycles. The van der Waals surface area contributed by atoms with Crippen molar-refractivity contribution in [3.63, 3.8) is 0 Å². The topological polar surface area (TPSA) is 167 Å². The van der Waals surface area contributed by atoms with Gasteiger partial charge < -0.3 is 30.5 Å². The molecule has 0 radical (unpaired) electrons. The van der Waals surface area contributed by atoms with Crippen LogP contribution >= 0.6 is 0 Å². The van der Waals surface area contributed by atoms with E-state index in [0.29, 0.717) is 33.3 Å². The van der Waals surface area contributed by atoms with Gasteiger partial charge in [0, 0.05) is 6.54 Å². The molecule has 256 valence electrons. The van der Waals surface area contributed by atoms with Gasteiger partial charge in [-0.05, 0) is 46.6 Å². The van der Waals surface area contributed by atoms with Gasteiger partial charge in [-0.1, -0.05) is 29.8 Å². The van der Waals surface area contributed by atoms with Gasteiger partial charge in [-0.2, -0.15) is 26.3 Å². The number of alkyl halides is 6. The van der Waals surface area contributed by atoms with Crippen LogP contribution in [-0.4, -0.2) is 86.5 Å². The fourth-order valence-corrected chi connectivity index (χ4v) is 3.81. The average molecular weight is 660 g/mol. The third-order valence-corrected chi connectivity index (χ3v) is 7.22. The number of hydrazine groups is 1. The van der Waals surface area contributed by atoms with Crippen LogP contribution in [0.15, 0.2) is 24.3 Å². The fraction of sp³-hybridized carbons (Fsp3) is 0.630. The molecular weight excluding hydrogens is 620 g/mol. The van der Waals surface area contributed by atoms with E-state index in [1.165, 1.54) is 0 Å². The molecule has 45 heavy (non-hydrogen) atoms. The number of amides is 4. The van der Waals surface area contributed by atoms with Crippen LogP contribution in [0, 0.1) is 17.8 Å². The molecule has 4 atom stereocenters. The summed E-state index contributed by atoms with van der Waals surface area (Å²) < 4.78 is 91.2. The van der Waals surface area contributed by atoms with E-state index in [2.05, 4.69) is 20.2 Å². The van der Waals surface area contributed by atoms with Crippen LogP contribution in [0.1, 0.15) is 38.8 Å². The van der Waals surface area contributed by atoms with Crippen LogP contribution in [0.5, 0.6) is 0 Å². The zero-order chi connectivity index (χ0) is 35.0. The first-order valence-electron chi connectivity index (χ1n) is 13.4. The second-order valence-electron chi connectivity index (χ2n) is 11.3. The van der Waals surface area contributed by atoms with Crippen LogP contribution in [0.4, 0.5) is 35.9 Å². The fourth-order valence-electron chi connectivity index (χ4n) is 3.81. The first-order valence-corrected chi connectivity index (χ1v) is 13.4. The SMILES string of the molecule is COC(=O)NC(C(=O)N[C@@H](Cc1ccc(C)cc1)[C@@H](O)CNNC(=O)[C@@H](NC(=O)OC)C(C)(C)C(F)(F)F)C(C)(C)C(F)(F)F. The largest absolute Gasteiger partial charge is 0.453 e. The number of aliphatic hydroxyl groups excluding tert-OH is 1. The Kier molecular flexibility index (Phi) is 13.5. The highest BCUT2D eigenvalue weighted by Gasteiger charge is 2.57. The van der Waals surface area contributed by atoms with Crippen molar-refractivity contribution in [1.82, 2.24) is 26.8 Å². The summed E-state index contributed by atoms with van der Waals surface area (Å²) in [4.78, 5) is 49.4. The summed E-state index contributed by atoms with van der Waals surface area (Å²) in [6.07, 6.45) is -14.4. The molecule has 0 aliphatic rings. The minimum Gasteiger partial charge on any atom is -0.453 e. The van der Waals surface area contributed by atoms with Crippen LogP contribution < -0.4 is 26.8 Å². The minimum atomic E-state index is -4.98. The van der Waals surface area contributed by atoms with E-state index < -0.39 is 78.0 Å². The number of rotatable bonds is 13. The number of hydrogen-bond donors (Lipinski definition) is 6. The van der Waals surface area contributed by atoms with Crippen molar-refractivity contribution in [1.29, 1.82) is 0 Å². The second-order valence-corrected chi connectivity index (χ2v) is 11.3. The summed E-state index contributed by atoms with van der Waals surface area (Å²) in [6.45, 7) is 3.83. The van der Waals surface area contributed by atoms with E-state index in [0.717, 1.165) is 19.8 Å². The normalized spacial score (nSPS) is 15.2. The Morgan fingerprint density at radius 3 is 1.58 bits per heavy atom. The summed E-state index contributed by atoms with van der Waals surface area (Å²) >= 11 is 0. The number of carbonyl (C=O) groups is 4. The lowest BCUT2D eigenvalue weighted by Gasteiger charge is -2.36. The number of aryl methyl sites for hydroxylation is 1. The Balaban J connectivity index is 3.26. The Hall–Kier alpha value is -3.80. The van der Waals surface area contributed by atoms with Gasteiger partial charge >= 0.3 is 24.5 Å². The van der Waals surface area contributed by atoms with Crippen LogP contribution in [-0.2, 0) is 25.5 Å². The van der Waals surface area contributed by atoms with Crippen molar-refractivity contribution in [3.05, 3.63) is 35.4 Å². The maximum Gasteiger partial charge on any atom is 0.407 e. The highest BCUT2D eigenvalue weighted by atomic mass is 19.4. The summed E-state index contributed by atoms with van der Waals surface area (Å²) in [5, 5.41) is 16.9. The van der Waals surface area contributed by atoms with Gasteiger partial charge in [0.2, 0.25) is 5.91 Å². The smallest absolute Gasteiger partial charge is 0.407 e. The molecule has 0 fully saturated rings. The molecule has 1 aromatic rings. The minimum absolute atomic E-state index is 0.159. The van der Waals surface area contributed by atoms with Gasteiger partial charge in [-0.3, -0.25) is 15.0 Å². The van der Waals surface area contributed by atoms with Gasteiger partial charge in [-0.25, -0.2) is 15.0 Å². The summed E-state index contributed by atoms with van der Waals surface area (Å²) in [5.74, 6) is -2.71. The number of carbonyl (C=O) groups excluding carboxylic acids is 4. The Morgan fingerprint density at radius 2 is 1.18 bits per heavy atom. The maximum absolute atomic E-state index is 13.9. The van der Waals surface area contributed by atoms with Crippen LogP contribution in [0.3, 0.4) is 0 Å². The number of benzene rings is 1. The number of aliphatic hydroxyl groups is 1. The number of nitrogens with one attached hydrogen (secondary N) is 5. The molecule has 1 aromatic carbocycles. The molecule has 18 heteroatoms. The van der Waals surface area contributed by atoms with Gasteiger partial charge in [0.05, 0.1) is 37.2 Å². The predicted molar refractivity (Wildman–Crippen MR) is 147 cm³/mol. The lowest BCUT2D eigenvalue weighted by molar-refractivity contribution is -0.221. The first kappa shape index (κ1) is 39.2. The van der Waals surface area contributed by atoms with Crippen molar-refractivity contribution < 1.29 is 60.1 Å². The van der Waals surface area contributed by atoms with Gasteiger partial charge in [0.1, 0.15) is 12.1 Å². The van der Waals surface area contributed by atoms with Crippen molar-refractivity contribution >= 4 is 24.0 Å². The van der Waals surface area contributed by atoms with E-state index >= 15 is 0 Å². The second kappa shape index (κ2) is 15.5. The van der Waals surface area contributed by atoms with E-state index in [1.807, 2.05) is 16.1 Å². The molecule has 6 N–H and O–H groups in total. The third-order valence-electron chi connectivity index (χ3n) is 7.22. The van der Waals surface area contributed by atoms with E-state index in [9.17, 15) is 50.6 Å².